The highest BCUT2D eigenvalue weighted by molar-refractivity contribution is 5.93. The molecule has 6 heteroatoms. The van der Waals surface area contributed by atoms with Gasteiger partial charge in [0.05, 0.1) is 13.2 Å². The van der Waals surface area contributed by atoms with Gasteiger partial charge in [0.15, 0.2) is 0 Å². The lowest BCUT2D eigenvalue weighted by atomic mass is 10.0. The molecule has 1 aromatic carbocycles. The van der Waals surface area contributed by atoms with Crippen molar-refractivity contribution in [3.63, 3.8) is 0 Å². The van der Waals surface area contributed by atoms with Gasteiger partial charge >= 0.3 is 0 Å². The number of hydrogen-bond acceptors (Lipinski definition) is 4. The van der Waals surface area contributed by atoms with Crippen molar-refractivity contribution >= 4 is 11.8 Å². The summed E-state index contributed by atoms with van der Waals surface area (Å²) in [5.41, 5.74) is 7.30. The summed E-state index contributed by atoms with van der Waals surface area (Å²) in [5.74, 6) is 0.0674. The van der Waals surface area contributed by atoms with Crippen LogP contribution in [0.25, 0.3) is 0 Å². The number of carbonyl (C=O) groups excluding carboxylic acids is 2. The molecular weight excluding hydrogens is 308 g/mol. The van der Waals surface area contributed by atoms with Gasteiger partial charge in [-0.1, -0.05) is 23.8 Å². The zero-order chi connectivity index (χ0) is 17.7. The van der Waals surface area contributed by atoms with Gasteiger partial charge in [-0.3, -0.25) is 9.59 Å². The predicted octanol–water partition coefficient (Wildman–Crippen LogP) is 1.29. The van der Waals surface area contributed by atoms with Crippen LogP contribution in [-0.2, 0) is 20.7 Å². The first-order chi connectivity index (χ1) is 11.5. The van der Waals surface area contributed by atoms with Gasteiger partial charge in [0.1, 0.15) is 11.8 Å². The Hall–Kier alpha value is -2.34. The first kappa shape index (κ1) is 18.0. The van der Waals surface area contributed by atoms with Gasteiger partial charge < -0.3 is 20.1 Å². The Balaban J connectivity index is 2.11. The second kappa shape index (κ2) is 7.97. The first-order valence-corrected chi connectivity index (χ1v) is 7.88. The summed E-state index contributed by atoms with van der Waals surface area (Å²) in [7, 11) is 3.19. The Morgan fingerprint density at radius 1 is 1.33 bits per heavy atom. The molecule has 0 aromatic heterocycles. The number of nitrogens with two attached hydrogens (primary N) is 1. The standard InChI is InChI=1S/C18H24N2O4/c1-12(8-13-6-4-5-7-16(13)24-3)9-17(21)20-11-14(23-2)10-15(20)18(19)22/h4-7,9,14-15H,8,10-11H2,1-3H3,(H2,19,22)/b12-9-/t14-,15-/m0/s1. The number of nitrogens with zero attached hydrogens (tertiary/aromatic N) is 1. The number of para-hydroxylation sites is 1. The van der Waals surface area contributed by atoms with Gasteiger partial charge in [-0.2, -0.15) is 0 Å². The minimum Gasteiger partial charge on any atom is -0.496 e. The maximum absolute atomic E-state index is 12.5. The number of methoxy groups -OCH3 is 2. The van der Waals surface area contributed by atoms with Crippen molar-refractivity contribution in [2.45, 2.75) is 31.9 Å². The number of allylic oxidation sites excluding steroid dienone is 1. The van der Waals surface area contributed by atoms with Crippen LogP contribution in [0.1, 0.15) is 18.9 Å². The lowest BCUT2D eigenvalue weighted by molar-refractivity contribution is -0.133. The normalized spacial score (nSPS) is 21.0. The van der Waals surface area contributed by atoms with E-state index in [2.05, 4.69) is 0 Å². The number of amides is 2. The van der Waals surface area contributed by atoms with Gasteiger partial charge in [-0.05, 0) is 25.0 Å². The van der Waals surface area contributed by atoms with Crippen molar-refractivity contribution in [2.24, 2.45) is 5.73 Å². The van der Waals surface area contributed by atoms with Gasteiger partial charge in [0, 0.05) is 26.2 Å². The highest BCUT2D eigenvalue weighted by Gasteiger charge is 2.37. The molecule has 6 nitrogen and oxygen atoms in total. The van der Waals surface area contributed by atoms with Crippen molar-refractivity contribution in [3.05, 3.63) is 41.5 Å². The van der Waals surface area contributed by atoms with E-state index in [0.29, 0.717) is 19.4 Å². The van der Waals surface area contributed by atoms with E-state index < -0.39 is 11.9 Å². The number of carbonyl (C=O) groups is 2. The van der Waals surface area contributed by atoms with Crippen LogP contribution in [0.15, 0.2) is 35.9 Å². The van der Waals surface area contributed by atoms with Crippen LogP contribution < -0.4 is 10.5 Å². The molecule has 0 bridgehead atoms. The molecule has 0 aliphatic carbocycles. The fraction of sp³-hybridized carbons (Fsp3) is 0.444. The van der Waals surface area contributed by atoms with Gasteiger partial charge in [0.2, 0.25) is 11.8 Å². The largest absolute Gasteiger partial charge is 0.496 e. The number of benzene rings is 1. The van der Waals surface area contributed by atoms with Crippen LogP contribution in [0.3, 0.4) is 0 Å². The Bertz CT molecular complexity index is 642. The highest BCUT2D eigenvalue weighted by Crippen LogP contribution is 2.23. The number of likely N-dealkylation sites (tertiary alicyclic amines) is 1. The maximum atomic E-state index is 12.5. The quantitative estimate of drug-likeness (QED) is 0.796. The molecule has 1 fully saturated rings. The van der Waals surface area contributed by atoms with E-state index in [9.17, 15) is 9.59 Å². The van der Waals surface area contributed by atoms with Crippen molar-refractivity contribution in [1.29, 1.82) is 0 Å². The molecular formula is C18H24N2O4. The molecule has 2 atom stereocenters. The molecule has 1 heterocycles. The molecule has 130 valence electrons. The Morgan fingerprint density at radius 3 is 2.67 bits per heavy atom. The Morgan fingerprint density at radius 2 is 2.04 bits per heavy atom. The van der Waals surface area contributed by atoms with E-state index in [1.54, 1.807) is 20.3 Å². The monoisotopic (exact) mass is 332 g/mol. The lowest BCUT2D eigenvalue weighted by Crippen LogP contribution is -2.43. The predicted molar refractivity (Wildman–Crippen MR) is 90.6 cm³/mol. The summed E-state index contributed by atoms with van der Waals surface area (Å²) in [6.45, 7) is 2.26. The van der Waals surface area contributed by atoms with Crippen LogP contribution in [0.5, 0.6) is 5.75 Å². The second-order valence-corrected chi connectivity index (χ2v) is 5.98. The molecule has 1 aliphatic rings. The molecule has 1 saturated heterocycles. The van der Waals surface area contributed by atoms with Gasteiger partial charge in [-0.15, -0.1) is 0 Å². The first-order valence-electron chi connectivity index (χ1n) is 7.88. The van der Waals surface area contributed by atoms with E-state index in [1.807, 2.05) is 31.2 Å². The van der Waals surface area contributed by atoms with E-state index in [0.717, 1.165) is 16.9 Å². The number of rotatable bonds is 6. The number of hydrogen-bond donors (Lipinski definition) is 1. The summed E-state index contributed by atoms with van der Waals surface area (Å²) in [4.78, 5) is 25.6. The third-order valence-corrected chi connectivity index (χ3v) is 4.24. The van der Waals surface area contributed by atoms with Crippen LogP contribution >= 0.6 is 0 Å². The molecule has 0 unspecified atom stereocenters. The highest BCUT2D eigenvalue weighted by atomic mass is 16.5. The van der Waals surface area contributed by atoms with Crippen molar-refractivity contribution in [1.82, 2.24) is 4.90 Å². The maximum Gasteiger partial charge on any atom is 0.247 e. The summed E-state index contributed by atoms with van der Waals surface area (Å²) in [6.07, 6.45) is 2.44. The van der Waals surface area contributed by atoms with E-state index in [1.165, 1.54) is 4.90 Å². The van der Waals surface area contributed by atoms with Crippen LogP contribution in [0.2, 0.25) is 0 Å². The van der Waals surface area contributed by atoms with Crippen molar-refractivity contribution in [2.75, 3.05) is 20.8 Å². The molecule has 0 saturated carbocycles. The molecule has 1 aromatic rings. The molecule has 2 N–H and O–H groups in total. The van der Waals surface area contributed by atoms with Crippen LogP contribution in [-0.4, -0.2) is 49.6 Å². The van der Waals surface area contributed by atoms with Crippen molar-refractivity contribution in [3.8, 4) is 5.75 Å². The number of primary amides is 1. The smallest absolute Gasteiger partial charge is 0.247 e. The Labute approximate surface area is 142 Å². The minimum absolute atomic E-state index is 0.158. The van der Waals surface area contributed by atoms with Gasteiger partial charge in [0.25, 0.3) is 0 Å². The molecule has 2 rings (SSSR count). The lowest BCUT2D eigenvalue weighted by Gasteiger charge is -2.20. The number of ether oxygens (including phenoxy) is 2. The molecule has 2 amide bonds. The fourth-order valence-electron chi connectivity index (χ4n) is 2.98. The summed E-state index contributed by atoms with van der Waals surface area (Å²) >= 11 is 0. The SMILES string of the molecule is COc1ccccc1C/C(C)=C\C(=O)N1C[C@@H](OC)C[C@H]1C(N)=O. The molecule has 0 spiro atoms. The fourth-order valence-corrected chi connectivity index (χ4v) is 2.98. The zero-order valence-corrected chi connectivity index (χ0v) is 14.3. The molecule has 24 heavy (non-hydrogen) atoms. The van der Waals surface area contributed by atoms with E-state index in [4.69, 9.17) is 15.2 Å². The van der Waals surface area contributed by atoms with Crippen LogP contribution in [0, 0.1) is 0 Å². The van der Waals surface area contributed by atoms with E-state index in [-0.39, 0.29) is 12.0 Å². The summed E-state index contributed by atoms with van der Waals surface area (Å²) in [6, 6.07) is 7.07. The molecule has 0 radical (unpaired) electrons. The third kappa shape index (κ3) is 4.14. The zero-order valence-electron chi connectivity index (χ0n) is 14.3. The summed E-state index contributed by atoms with van der Waals surface area (Å²) < 4.78 is 10.6. The van der Waals surface area contributed by atoms with Crippen LogP contribution in [0.4, 0.5) is 0 Å². The Kier molecular flexibility index (Phi) is 5.98. The average Bonchev–Trinajstić information content (AvgIpc) is 3.00. The third-order valence-electron chi connectivity index (χ3n) is 4.24. The van der Waals surface area contributed by atoms with Crippen molar-refractivity contribution < 1.29 is 19.1 Å². The average molecular weight is 332 g/mol. The van der Waals surface area contributed by atoms with Gasteiger partial charge in [-0.25, -0.2) is 0 Å². The second-order valence-electron chi connectivity index (χ2n) is 5.98. The van der Waals surface area contributed by atoms with E-state index >= 15 is 0 Å². The molecule has 1 aliphatic heterocycles. The topological polar surface area (TPSA) is 81.9 Å². The minimum atomic E-state index is -0.613. The summed E-state index contributed by atoms with van der Waals surface area (Å²) in [5, 5.41) is 0.